The molecule has 6 atom stereocenters. The number of carbonyl (C=O) groups is 4. The van der Waals surface area contributed by atoms with Crippen molar-refractivity contribution in [3.05, 3.63) is 0 Å². The lowest BCUT2D eigenvalue weighted by molar-refractivity contribution is -0.200. The number of ether oxygens (including phenoxy) is 2. The zero-order valence-electron chi connectivity index (χ0n) is 20.9. The lowest BCUT2D eigenvalue weighted by Crippen LogP contribution is -2.69. The first-order valence-electron chi connectivity index (χ1n) is 12.2. The van der Waals surface area contributed by atoms with Gasteiger partial charge >= 0.3 is 11.9 Å². The van der Waals surface area contributed by atoms with Crippen molar-refractivity contribution >= 4 is 47.3 Å². The Bertz CT molecular complexity index is 848. The van der Waals surface area contributed by atoms with Gasteiger partial charge < -0.3 is 30.7 Å². The van der Waals surface area contributed by atoms with Crippen molar-refractivity contribution < 1.29 is 28.7 Å². The summed E-state index contributed by atoms with van der Waals surface area (Å²) in [5.74, 6) is -1.79. The van der Waals surface area contributed by atoms with E-state index in [2.05, 4.69) is 6.92 Å². The molecule has 0 aliphatic carbocycles. The van der Waals surface area contributed by atoms with Crippen LogP contribution in [0.5, 0.6) is 0 Å². The molecule has 0 aromatic rings. The van der Waals surface area contributed by atoms with E-state index < -0.39 is 51.9 Å². The van der Waals surface area contributed by atoms with Gasteiger partial charge in [0.15, 0.2) is 0 Å². The Hall–Kier alpha value is -1.50. The minimum absolute atomic E-state index is 0.268. The van der Waals surface area contributed by atoms with Crippen molar-refractivity contribution in [2.24, 2.45) is 11.5 Å². The van der Waals surface area contributed by atoms with E-state index in [9.17, 15) is 19.2 Å². The number of amides is 2. The molecular formula is C23H36N4O6S2. The number of carbonyl (C=O) groups excluding carboxylic acids is 4. The van der Waals surface area contributed by atoms with Crippen LogP contribution in [0.2, 0.25) is 0 Å². The highest BCUT2D eigenvalue weighted by Gasteiger charge is 2.64. The van der Waals surface area contributed by atoms with Gasteiger partial charge in [0, 0.05) is 15.9 Å². The maximum atomic E-state index is 13.3. The number of esters is 2. The smallest absolute Gasteiger partial charge is 0.333 e. The van der Waals surface area contributed by atoms with E-state index in [4.69, 9.17) is 20.9 Å². The van der Waals surface area contributed by atoms with Gasteiger partial charge in [0.25, 0.3) is 0 Å². The fourth-order valence-corrected chi connectivity index (χ4v) is 8.44. The number of nitrogens with two attached hydrogens (primary N) is 2. The highest BCUT2D eigenvalue weighted by atomic mass is 32.2. The van der Waals surface area contributed by atoms with Gasteiger partial charge in [0.1, 0.15) is 34.9 Å². The Balaban J connectivity index is 1.47. The molecule has 0 aromatic heterocycles. The Morgan fingerprint density at radius 3 is 1.69 bits per heavy atom. The topological polar surface area (TPSA) is 145 Å². The van der Waals surface area contributed by atoms with E-state index in [1.54, 1.807) is 0 Å². The van der Waals surface area contributed by atoms with Crippen LogP contribution >= 0.6 is 23.5 Å². The molecule has 35 heavy (non-hydrogen) atoms. The summed E-state index contributed by atoms with van der Waals surface area (Å²) in [5.41, 5.74) is 11.8. The fourth-order valence-electron chi connectivity index (χ4n) is 5.31. The van der Waals surface area contributed by atoms with Crippen molar-refractivity contribution in [3.63, 3.8) is 0 Å². The predicted octanol–water partition coefficient (Wildman–Crippen LogP) is 1.15. The number of unbranched alkanes of at least 4 members (excludes halogenated alkanes) is 3. The highest BCUT2D eigenvalue weighted by molar-refractivity contribution is 8.02. The summed E-state index contributed by atoms with van der Waals surface area (Å²) >= 11 is 2.95. The largest absolute Gasteiger partial charge is 0.424 e. The number of rotatable bonds is 9. The van der Waals surface area contributed by atoms with E-state index in [0.717, 1.165) is 19.3 Å². The van der Waals surface area contributed by atoms with Gasteiger partial charge in [-0.15, -0.1) is 23.5 Å². The second kappa shape index (κ2) is 9.42. The number of fused-ring (bicyclic) bond motifs is 2. The van der Waals surface area contributed by atoms with Crippen molar-refractivity contribution in [3.8, 4) is 0 Å². The van der Waals surface area contributed by atoms with E-state index >= 15 is 0 Å². The molecule has 12 heteroatoms. The third kappa shape index (κ3) is 4.44. The highest BCUT2D eigenvalue weighted by Crippen LogP contribution is 2.52. The molecule has 4 aliphatic rings. The van der Waals surface area contributed by atoms with Crippen LogP contribution in [-0.4, -0.2) is 84.3 Å². The summed E-state index contributed by atoms with van der Waals surface area (Å²) in [6.07, 6.45) is 2.88. The lowest BCUT2D eigenvalue weighted by Gasteiger charge is -2.42. The Morgan fingerprint density at radius 1 is 0.857 bits per heavy atom. The SMILES string of the molecule is CCCCCCC(OC(=O)[C@@H]1N2C(=O)C(N)[C@H]2SC1(C)C)OC(=O)[C@@H]1N2C(=O)C(N)[C@H]2SC1(C)C. The maximum Gasteiger partial charge on any atom is 0.333 e. The number of hydrogen-bond donors (Lipinski definition) is 2. The average molecular weight is 529 g/mol. The summed E-state index contributed by atoms with van der Waals surface area (Å²) in [6, 6.07) is -2.90. The second-order valence-electron chi connectivity index (χ2n) is 10.7. The minimum atomic E-state index is -1.11. The Morgan fingerprint density at radius 2 is 1.29 bits per heavy atom. The van der Waals surface area contributed by atoms with Crippen molar-refractivity contribution in [2.45, 2.75) is 117 Å². The molecule has 4 fully saturated rings. The molecule has 4 heterocycles. The zero-order valence-corrected chi connectivity index (χ0v) is 22.5. The van der Waals surface area contributed by atoms with Gasteiger partial charge in [-0.3, -0.25) is 9.59 Å². The van der Waals surface area contributed by atoms with Crippen LogP contribution in [0.1, 0.15) is 66.7 Å². The molecule has 2 amide bonds. The van der Waals surface area contributed by atoms with Crippen LogP contribution in [0, 0.1) is 0 Å². The summed E-state index contributed by atoms with van der Waals surface area (Å²) in [5, 5.41) is -0.536. The van der Waals surface area contributed by atoms with Crippen LogP contribution in [-0.2, 0) is 28.7 Å². The normalized spacial score (nSPS) is 35.1. The predicted molar refractivity (Wildman–Crippen MR) is 133 cm³/mol. The second-order valence-corrected chi connectivity index (χ2v) is 14.3. The molecular weight excluding hydrogens is 492 g/mol. The number of β-lactam (4-membered cyclic amide) rings is 2. The molecule has 0 aromatic carbocycles. The molecule has 0 saturated carbocycles. The molecule has 4 N–H and O–H groups in total. The fraction of sp³-hybridized carbons (Fsp3) is 0.826. The van der Waals surface area contributed by atoms with Crippen LogP contribution in [0.15, 0.2) is 0 Å². The maximum absolute atomic E-state index is 13.3. The molecule has 0 spiro atoms. The molecule has 0 radical (unpaired) electrons. The monoisotopic (exact) mass is 528 g/mol. The van der Waals surface area contributed by atoms with Crippen molar-refractivity contribution in [2.75, 3.05) is 0 Å². The molecule has 2 unspecified atom stereocenters. The molecule has 196 valence electrons. The first-order valence-corrected chi connectivity index (χ1v) is 14.0. The van der Waals surface area contributed by atoms with Crippen molar-refractivity contribution in [1.29, 1.82) is 0 Å². The summed E-state index contributed by atoms with van der Waals surface area (Å²) in [7, 11) is 0. The van der Waals surface area contributed by atoms with Gasteiger partial charge in [-0.2, -0.15) is 0 Å². The average Bonchev–Trinajstić information content (AvgIpc) is 3.21. The standard InChI is InChI=1S/C23H36N4O6S2/c1-6-7-8-9-10-11(32-20(30)14-22(2,3)34-18-12(24)16(28)26(14)18)33-21(31)15-23(4,5)35-19-13(25)17(29)27(15)19/h11-15,18-19H,6-10,24-25H2,1-5H3/t11?,12?,13?,14-,15-,18+,19+/m0/s1. The van der Waals surface area contributed by atoms with E-state index in [1.807, 2.05) is 27.7 Å². The lowest BCUT2D eigenvalue weighted by atomic mass is 9.96. The van der Waals surface area contributed by atoms with Gasteiger partial charge in [0.2, 0.25) is 18.1 Å². The third-order valence-electron chi connectivity index (χ3n) is 7.20. The third-order valence-corrected chi connectivity index (χ3v) is 10.4. The van der Waals surface area contributed by atoms with Crippen LogP contribution in [0.4, 0.5) is 0 Å². The number of thioether (sulfide) groups is 2. The molecule has 4 aliphatic heterocycles. The first kappa shape index (κ1) is 26.6. The molecule has 10 nitrogen and oxygen atoms in total. The molecule has 0 bridgehead atoms. The quantitative estimate of drug-likeness (QED) is 0.193. The molecule has 4 rings (SSSR count). The Kier molecular flexibility index (Phi) is 7.15. The van der Waals surface area contributed by atoms with Gasteiger partial charge in [0.05, 0.1) is 0 Å². The van der Waals surface area contributed by atoms with Crippen LogP contribution in [0.25, 0.3) is 0 Å². The van der Waals surface area contributed by atoms with Gasteiger partial charge in [-0.25, -0.2) is 9.59 Å². The van der Waals surface area contributed by atoms with Gasteiger partial charge in [-0.1, -0.05) is 26.2 Å². The van der Waals surface area contributed by atoms with Crippen LogP contribution in [0.3, 0.4) is 0 Å². The van der Waals surface area contributed by atoms with E-state index in [-0.39, 0.29) is 22.6 Å². The number of nitrogens with zero attached hydrogens (tertiary/aromatic N) is 2. The number of hydrogen-bond acceptors (Lipinski definition) is 10. The van der Waals surface area contributed by atoms with E-state index in [1.165, 1.54) is 33.3 Å². The Labute approximate surface area is 214 Å². The first-order chi connectivity index (χ1) is 16.3. The van der Waals surface area contributed by atoms with Crippen LogP contribution < -0.4 is 11.5 Å². The summed E-state index contributed by atoms with van der Waals surface area (Å²) in [4.78, 5) is 54.3. The van der Waals surface area contributed by atoms with Gasteiger partial charge in [-0.05, 0) is 34.1 Å². The van der Waals surface area contributed by atoms with E-state index in [0.29, 0.717) is 12.8 Å². The van der Waals surface area contributed by atoms with Crippen molar-refractivity contribution in [1.82, 2.24) is 9.80 Å². The summed E-state index contributed by atoms with van der Waals surface area (Å²) in [6.45, 7) is 9.60. The minimum Gasteiger partial charge on any atom is -0.424 e. The zero-order chi connectivity index (χ0) is 25.9. The summed E-state index contributed by atoms with van der Waals surface area (Å²) < 4.78 is 10.3. The molecule has 4 saturated heterocycles.